The van der Waals surface area contributed by atoms with Crippen molar-refractivity contribution in [1.82, 2.24) is 24.8 Å². The van der Waals surface area contributed by atoms with Crippen molar-refractivity contribution in [3.63, 3.8) is 0 Å². The number of rotatable bonds is 1. The average molecular weight is 280 g/mol. The van der Waals surface area contributed by atoms with Crippen LogP contribution in [0, 0.1) is 0 Å². The van der Waals surface area contributed by atoms with Crippen LogP contribution in [-0.2, 0) is 6.42 Å². The summed E-state index contributed by atoms with van der Waals surface area (Å²) in [5.74, 6) is 1.07. The number of nitrogen functional groups attached to an aromatic ring is 1. The monoisotopic (exact) mass is 280 g/mol. The Balaban J connectivity index is 1.96. The van der Waals surface area contributed by atoms with E-state index in [9.17, 15) is 0 Å². The first-order valence-corrected chi connectivity index (χ1v) is 7.06. The number of nitrogens with two attached hydrogens (primary N) is 1. The summed E-state index contributed by atoms with van der Waals surface area (Å²) in [6.45, 7) is 1.72. The second kappa shape index (κ2) is 4.82. The quantitative estimate of drug-likeness (QED) is 0.653. The van der Waals surface area contributed by atoms with Gasteiger partial charge in [-0.05, 0) is 18.2 Å². The smallest absolute Gasteiger partial charge is 0.111 e. The van der Waals surface area contributed by atoms with Gasteiger partial charge in [0.25, 0.3) is 0 Å². The number of nitrogens with zero attached hydrogens (tertiary/aromatic N) is 4. The van der Waals surface area contributed by atoms with E-state index < -0.39 is 0 Å². The fourth-order valence-corrected chi connectivity index (χ4v) is 2.93. The highest BCUT2D eigenvalue weighted by molar-refractivity contribution is 5.80. The van der Waals surface area contributed by atoms with Crippen molar-refractivity contribution in [3.8, 4) is 0 Å². The van der Waals surface area contributed by atoms with Gasteiger partial charge < -0.3 is 15.6 Å². The molecule has 3 heterocycles. The van der Waals surface area contributed by atoms with Gasteiger partial charge in [0.1, 0.15) is 5.82 Å². The zero-order valence-corrected chi connectivity index (χ0v) is 11.5. The molecule has 3 N–H and O–H groups in total. The molecule has 0 saturated carbocycles. The van der Waals surface area contributed by atoms with E-state index in [1.807, 2.05) is 24.4 Å². The third kappa shape index (κ3) is 2.04. The summed E-state index contributed by atoms with van der Waals surface area (Å²) in [5.41, 5.74) is 9.69. The maximum absolute atomic E-state index is 5.95. The Labute approximate surface area is 122 Å². The maximum atomic E-state index is 5.95. The molecule has 0 bridgehead atoms. The van der Waals surface area contributed by atoms with Gasteiger partial charge in [0.15, 0.2) is 0 Å². The van der Waals surface area contributed by atoms with Crippen molar-refractivity contribution in [2.24, 2.45) is 0 Å². The highest BCUT2D eigenvalue weighted by atomic mass is 15.2. The van der Waals surface area contributed by atoms with Crippen LogP contribution in [0.25, 0.3) is 11.0 Å². The lowest BCUT2D eigenvalue weighted by Crippen LogP contribution is -2.24. The van der Waals surface area contributed by atoms with Crippen LogP contribution in [0.1, 0.15) is 17.6 Å². The van der Waals surface area contributed by atoms with E-state index in [4.69, 9.17) is 10.7 Å². The predicted molar refractivity (Wildman–Crippen MR) is 80.9 cm³/mol. The first-order chi connectivity index (χ1) is 10.3. The van der Waals surface area contributed by atoms with E-state index in [2.05, 4.69) is 19.9 Å². The van der Waals surface area contributed by atoms with E-state index >= 15 is 0 Å². The van der Waals surface area contributed by atoms with E-state index in [-0.39, 0.29) is 6.04 Å². The molecule has 0 aliphatic carbocycles. The van der Waals surface area contributed by atoms with Crippen LogP contribution in [0.2, 0.25) is 0 Å². The van der Waals surface area contributed by atoms with Crippen LogP contribution >= 0.6 is 0 Å². The fraction of sp³-hybridized carbons (Fsp3) is 0.267. The van der Waals surface area contributed by atoms with Crippen LogP contribution in [0.3, 0.4) is 0 Å². The maximum Gasteiger partial charge on any atom is 0.111 e. The van der Waals surface area contributed by atoms with Crippen LogP contribution in [0.4, 0.5) is 5.69 Å². The normalized spacial score (nSPS) is 18.4. The number of aromatic nitrogens is 4. The molecule has 0 spiro atoms. The van der Waals surface area contributed by atoms with Gasteiger partial charge in [-0.3, -0.25) is 9.97 Å². The average Bonchev–Trinajstić information content (AvgIpc) is 2.73. The molecule has 4 rings (SSSR count). The Morgan fingerprint density at radius 2 is 2.24 bits per heavy atom. The van der Waals surface area contributed by atoms with E-state index in [1.54, 1.807) is 12.4 Å². The number of nitrogens with one attached hydrogen (secondary N) is 1. The van der Waals surface area contributed by atoms with Crippen LogP contribution < -0.4 is 11.1 Å². The molecule has 2 aromatic heterocycles. The summed E-state index contributed by atoms with van der Waals surface area (Å²) in [5, 5.41) is 3.45. The van der Waals surface area contributed by atoms with Crippen molar-refractivity contribution in [3.05, 3.63) is 48.3 Å². The SMILES string of the molecule is Nc1ccc2nc3n(c2c1)C(c1cnccn1)CNCC3. The Morgan fingerprint density at radius 1 is 1.29 bits per heavy atom. The van der Waals surface area contributed by atoms with Gasteiger partial charge in [-0.25, -0.2) is 4.98 Å². The molecule has 1 aromatic carbocycles. The third-order valence-corrected chi connectivity index (χ3v) is 3.89. The van der Waals surface area contributed by atoms with Gasteiger partial charge in [-0.15, -0.1) is 0 Å². The molecule has 21 heavy (non-hydrogen) atoms. The summed E-state index contributed by atoms with van der Waals surface area (Å²) in [4.78, 5) is 13.4. The van der Waals surface area contributed by atoms with Crippen LogP contribution in [0.15, 0.2) is 36.8 Å². The lowest BCUT2D eigenvalue weighted by Gasteiger charge is -2.18. The van der Waals surface area contributed by atoms with Gasteiger partial charge in [-0.1, -0.05) is 0 Å². The van der Waals surface area contributed by atoms with E-state index in [0.29, 0.717) is 0 Å². The first kappa shape index (κ1) is 12.3. The minimum Gasteiger partial charge on any atom is -0.399 e. The molecule has 3 aromatic rings. The van der Waals surface area contributed by atoms with Crippen molar-refractivity contribution in [2.45, 2.75) is 12.5 Å². The Bertz CT molecular complexity index is 779. The molecular weight excluding hydrogens is 264 g/mol. The third-order valence-electron chi connectivity index (χ3n) is 3.89. The van der Waals surface area contributed by atoms with Crippen molar-refractivity contribution < 1.29 is 0 Å². The van der Waals surface area contributed by atoms with Crippen molar-refractivity contribution >= 4 is 16.7 Å². The molecule has 0 amide bonds. The molecular formula is C15H16N6. The highest BCUT2D eigenvalue weighted by Gasteiger charge is 2.24. The Kier molecular flexibility index (Phi) is 2.82. The number of benzene rings is 1. The molecule has 1 aliphatic heterocycles. The minimum atomic E-state index is 0.0861. The summed E-state index contributed by atoms with van der Waals surface area (Å²) >= 11 is 0. The molecule has 1 unspecified atom stereocenters. The molecule has 1 aliphatic rings. The number of hydrogen-bond acceptors (Lipinski definition) is 5. The summed E-state index contributed by atoms with van der Waals surface area (Å²) in [6.07, 6.45) is 6.14. The summed E-state index contributed by atoms with van der Waals surface area (Å²) in [6, 6.07) is 5.95. The topological polar surface area (TPSA) is 81.7 Å². The minimum absolute atomic E-state index is 0.0861. The van der Waals surface area contributed by atoms with Crippen molar-refractivity contribution in [1.29, 1.82) is 0 Å². The molecule has 6 heteroatoms. The molecule has 0 saturated heterocycles. The van der Waals surface area contributed by atoms with Crippen LogP contribution in [-0.4, -0.2) is 32.6 Å². The zero-order chi connectivity index (χ0) is 14.2. The largest absolute Gasteiger partial charge is 0.399 e. The van der Waals surface area contributed by atoms with Gasteiger partial charge in [0.2, 0.25) is 0 Å². The summed E-state index contributed by atoms with van der Waals surface area (Å²) < 4.78 is 2.25. The van der Waals surface area contributed by atoms with Gasteiger partial charge in [0, 0.05) is 37.6 Å². The molecule has 106 valence electrons. The number of fused-ring (bicyclic) bond motifs is 3. The highest BCUT2D eigenvalue weighted by Crippen LogP contribution is 2.27. The Morgan fingerprint density at radius 3 is 3.10 bits per heavy atom. The van der Waals surface area contributed by atoms with Gasteiger partial charge >= 0.3 is 0 Å². The standard InChI is InChI=1S/C15H16N6/c16-10-1-2-11-13(7-10)21-14(12-8-18-5-6-19-12)9-17-4-3-15(21)20-11/h1-2,5-8,14,17H,3-4,9,16H2. The number of imidazole rings is 1. The summed E-state index contributed by atoms with van der Waals surface area (Å²) in [7, 11) is 0. The fourth-order valence-electron chi connectivity index (χ4n) is 2.93. The molecule has 0 fully saturated rings. The molecule has 6 nitrogen and oxygen atoms in total. The first-order valence-electron chi connectivity index (χ1n) is 7.06. The van der Waals surface area contributed by atoms with E-state index in [0.717, 1.165) is 47.7 Å². The second-order valence-corrected chi connectivity index (χ2v) is 5.25. The van der Waals surface area contributed by atoms with Crippen molar-refractivity contribution in [2.75, 3.05) is 18.8 Å². The molecule has 1 atom stereocenters. The van der Waals surface area contributed by atoms with Gasteiger partial charge in [0.05, 0.1) is 29.0 Å². The molecule has 0 radical (unpaired) electrons. The lowest BCUT2D eigenvalue weighted by molar-refractivity contribution is 0.550. The number of anilines is 1. The second-order valence-electron chi connectivity index (χ2n) is 5.25. The van der Waals surface area contributed by atoms with Crippen LogP contribution in [0.5, 0.6) is 0 Å². The predicted octanol–water partition coefficient (Wildman–Crippen LogP) is 1.14. The lowest BCUT2D eigenvalue weighted by atomic mass is 10.2. The van der Waals surface area contributed by atoms with E-state index in [1.165, 1.54) is 0 Å². The van der Waals surface area contributed by atoms with Gasteiger partial charge in [-0.2, -0.15) is 0 Å². The zero-order valence-electron chi connectivity index (χ0n) is 11.5. The number of hydrogen-bond donors (Lipinski definition) is 2. The Hall–Kier alpha value is -2.47.